The van der Waals surface area contributed by atoms with Crippen molar-refractivity contribution in [3.8, 4) is 0 Å². The molecule has 6 heteroatoms. The molecule has 20 heavy (non-hydrogen) atoms. The second-order valence-electron chi connectivity index (χ2n) is 4.85. The highest BCUT2D eigenvalue weighted by Gasteiger charge is 2.16. The number of halogens is 3. The highest BCUT2D eigenvalue weighted by atomic mass is 79.9. The largest absolute Gasteiger partial charge is 0.352 e. The quantitative estimate of drug-likeness (QED) is 0.861. The SMILES string of the molecule is Cl.O=C(NCCC1CCCNC1)c1c(F)cccc1Br. The molecule has 0 spiro atoms. The Morgan fingerprint density at radius 1 is 1.50 bits per heavy atom. The van der Waals surface area contributed by atoms with Crippen molar-refractivity contribution in [3.05, 3.63) is 34.1 Å². The van der Waals surface area contributed by atoms with Gasteiger partial charge in [0.05, 0.1) is 5.56 Å². The van der Waals surface area contributed by atoms with E-state index in [2.05, 4.69) is 26.6 Å². The van der Waals surface area contributed by atoms with Crippen molar-refractivity contribution in [3.63, 3.8) is 0 Å². The number of carbonyl (C=O) groups excluding carboxylic acids is 1. The number of hydrogen-bond acceptors (Lipinski definition) is 2. The van der Waals surface area contributed by atoms with Gasteiger partial charge in [-0.25, -0.2) is 4.39 Å². The Kier molecular flexibility index (Phi) is 7.48. The standard InChI is InChI=1S/C14H18BrFN2O.ClH/c15-11-4-1-5-12(16)13(11)14(19)18-8-6-10-3-2-7-17-9-10;/h1,4-5,10,17H,2-3,6-9H2,(H,18,19);1H. The fraction of sp³-hybridized carbons (Fsp3) is 0.500. The minimum Gasteiger partial charge on any atom is -0.352 e. The molecule has 1 unspecified atom stereocenters. The predicted octanol–water partition coefficient (Wildman–Crippen LogP) is 3.13. The van der Waals surface area contributed by atoms with E-state index in [-0.39, 0.29) is 23.9 Å². The molecule has 1 aliphatic rings. The van der Waals surface area contributed by atoms with Crippen molar-refractivity contribution in [2.75, 3.05) is 19.6 Å². The maximum absolute atomic E-state index is 13.6. The zero-order valence-electron chi connectivity index (χ0n) is 11.1. The van der Waals surface area contributed by atoms with Crippen LogP contribution in [-0.2, 0) is 0 Å². The lowest BCUT2D eigenvalue weighted by Crippen LogP contribution is -2.33. The number of amides is 1. The highest BCUT2D eigenvalue weighted by Crippen LogP contribution is 2.19. The van der Waals surface area contributed by atoms with E-state index in [0.29, 0.717) is 16.9 Å². The lowest BCUT2D eigenvalue weighted by molar-refractivity contribution is 0.0946. The first-order valence-corrected chi connectivity index (χ1v) is 7.40. The summed E-state index contributed by atoms with van der Waals surface area (Å²) in [5.41, 5.74) is 0.0873. The normalized spacial score (nSPS) is 18.2. The van der Waals surface area contributed by atoms with Crippen LogP contribution in [0.15, 0.2) is 22.7 Å². The summed E-state index contributed by atoms with van der Waals surface area (Å²) in [6, 6.07) is 4.54. The van der Waals surface area contributed by atoms with Crippen LogP contribution in [0.3, 0.4) is 0 Å². The van der Waals surface area contributed by atoms with Crippen molar-refractivity contribution in [2.24, 2.45) is 5.92 Å². The number of nitrogens with one attached hydrogen (secondary N) is 2. The van der Waals surface area contributed by atoms with Gasteiger partial charge in [0.1, 0.15) is 5.82 Å². The summed E-state index contributed by atoms with van der Waals surface area (Å²) in [4.78, 5) is 11.9. The van der Waals surface area contributed by atoms with Crippen LogP contribution < -0.4 is 10.6 Å². The van der Waals surface area contributed by atoms with E-state index < -0.39 is 5.82 Å². The van der Waals surface area contributed by atoms with Gasteiger partial charge >= 0.3 is 0 Å². The van der Waals surface area contributed by atoms with E-state index in [9.17, 15) is 9.18 Å². The summed E-state index contributed by atoms with van der Waals surface area (Å²) in [5.74, 6) is -0.238. The Hall–Kier alpha value is -0.650. The Bertz CT molecular complexity index is 433. The topological polar surface area (TPSA) is 41.1 Å². The van der Waals surface area contributed by atoms with Gasteiger partial charge in [0.25, 0.3) is 5.91 Å². The highest BCUT2D eigenvalue weighted by molar-refractivity contribution is 9.10. The van der Waals surface area contributed by atoms with E-state index >= 15 is 0 Å². The van der Waals surface area contributed by atoms with Gasteiger partial charge in [0, 0.05) is 11.0 Å². The Balaban J connectivity index is 0.00000200. The molecule has 0 bridgehead atoms. The van der Waals surface area contributed by atoms with Crippen molar-refractivity contribution in [1.29, 1.82) is 0 Å². The van der Waals surface area contributed by atoms with Crippen LogP contribution in [0.5, 0.6) is 0 Å². The van der Waals surface area contributed by atoms with E-state index in [4.69, 9.17) is 0 Å². The fourth-order valence-corrected chi connectivity index (χ4v) is 2.89. The number of hydrogen-bond donors (Lipinski definition) is 2. The van der Waals surface area contributed by atoms with Gasteiger partial charge in [-0.1, -0.05) is 6.07 Å². The molecule has 1 saturated heterocycles. The molecule has 1 aromatic rings. The molecule has 2 rings (SSSR count). The molecule has 112 valence electrons. The van der Waals surface area contributed by atoms with E-state index in [1.807, 2.05) is 0 Å². The van der Waals surface area contributed by atoms with Gasteiger partial charge in [0.15, 0.2) is 0 Å². The Morgan fingerprint density at radius 3 is 2.95 bits per heavy atom. The van der Waals surface area contributed by atoms with E-state index in [1.165, 1.54) is 18.9 Å². The van der Waals surface area contributed by atoms with Crippen LogP contribution in [0, 0.1) is 11.7 Å². The predicted molar refractivity (Wildman–Crippen MR) is 83.9 cm³/mol. The minimum absolute atomic E-state index is 0. The molecular weight excluding hydrogens is 347 g/mol. The maximum Gasteiger partial charge on any atom is 0.255 e. The summed E-state index contributed by atoms with van der Waals surface area (Å²) in [5, 5.41) is 6.13. The molecule has 1 heterocycles. The molecule has 1 aromatic carbocycles. The second kappa shape index (κ2) is 8.60. The Labute approximate surface area is 133 Å². The third-order valence-electron chi connectivity index (χ3n) is 3.43. The molecule has 0 radical (unpaired) electrons. The third-order valence-corrected chi connectivity index (χ3v) is 4.09. The van der Waals surface area contributed by atoms with Gasteiger partial charge in [-0.2, -0.15) is 0 Å². The number of carbonyl (C=O) groups is 1. The van der Waals surface area contributed by atoms with Gasteiger partial charge in [-0.3, -0.25) is 4.79 Å². The zero-order chi connectivity index (χ0) is 13.7. The van der Waals surface area contributed by atoms with Crippen molar-refractivity contribution >= 4 is 34.2 Å². The monoisotopic (exact) mass is 364 g/mol. The molecule has 1 aliphatic heterocycles. The van der Waals surface area contributed by atoms with Gasteiger partial charge in [-0.15, -0.1) is 12.4 Å². The van der Waals surface area contributed by atoms with E-state index in [0.717, 1.165) is 19.5 Å². The smallest absolute Gasteiger partial charge is 0.255 e. The van der Waals surface area contributed by atoms with Crippen LogP contribution in [0.2, 0.25) is 0 Å². The molecule has 1 atom stereocenters. The summed E-state index contributed by atoms with van der Waals surface area (Å²) < 4.78 is 14.1. The van der Waals surface area contributed by atoms with Crippen molar-refractivity contribution < 1.29 is 9.18 Å². The molecule has 0 saturated carbocycles. The first kappa shape index (κ1) is 17.4. The molecular formula is C14H19BrClFN2O. The van der Waals surface area contributed by atoms with Gasteiger partial charge in [-0.05, 0) is 66.3 Å². The van der Waals surface area contributed by atoms with Crippen molar-refractivity contribution in [2.45, 2.75) is 19.3 Å². The lowest BCUT2D eigenvalue weighted by atomic mass is 9.96. The van der Waals surface area contributed by atoms with Crippen LogP contribution >= 0.6 is 28.3 Å². The summed E-state index contributed by atoms with van der Waals surface area (Å²) in [6.45, 7) is 2.69. The summed E-state index contributed by atoms with van der Waals surface area (Å²) in [7, 11) is 0. The fourth-order valence-electron chi connectivity index (χ4n) is 2.36. The maximum atomic E-state index is 13.6. The first-order valence-electron chi connectivity index (χ1n) is 6.61. The third kappa shape index (κ3) is 4.72. The van der Waals surface area contributed by atoms with Crippen LogP contribution in [0.4, 0.5) is 4.39 Å². The summed E-state index contributed by atoms with van der Waals surface area (Å²) >= 11 is 3.21. The second-order valence-corrected chi connectivity index (χ2v) is 5.71. The van der Waals surface area contributed by atoms with Crippen LogP contribution in [0.25, 0.3) is 0 Å². The van der Waals surface area contributed by atoms with Crippen LogP contribution in [0.1, 0.15) is 29.6 Å². The average Bonchev–Trinajstić information content (AvgIpc) is 2.40. The van der Waals surface area contributed by atoms with Gasteiger partial charge in [0.2, 0.25) is 0 Å². The molecule has 2 N–H and O–H groups in total. The molecule has 0 aromatic heterocycles. The Morgan fingerprint density at radius 2 is 2.30 bits per heavy atom. The van der Waals surface area contributed by atoms with Gasteiger partial charge < -0.3 is 10.6 Å². The number of rotatable bonds is 4. The molecule has 1 amide bonds. The number of benzene rings is 1. The van der Waals surface area contributed by atoms with E-state index in [1.54, 1.807) is 12.1 Å². The average molecular weight is 366 g/mol. The molecule has 0 aliphatic carbocycles. The minimum atomic E-state index is -0.494. The first-order chi connectivity index (χ1) is 9.18. The lowest BCUT2D eigenvalue weighted by Gasteiger charge is -2.22. The molecule has 3 nitrogen and oxygen atoms in total. The molecule has 1 fully saturated rings. The number of piperidine rings is 1. The zero-order valence-corrected chi connectivity index (χ0v) is 13.5. The van der Waals surface area contributed by atoms with Crippen LogP contribution in [-0.4, -0.2) is 25.5 Å². The summed E-state index contributed by atoms with van der Waals surface area (Å²) in [6.07, 6.45) is 3.33. The van der Waals surface area contributed by atoms with Crippen molar-refractivity contribution in [1.82, 2.24) is 10.6 Å².